The molecule has 3 rings (SSSR count). The molecule has 0 aliphatic rings. The third kappa shape index (κ3) is 4.67. The van der Waals surface area contributed by atoms with Crippen LogP contribution in [0.4, 0.5) is 0 Å². The molecule has 2 aromatic carbocycles. The first-order chi connectivity index (χ1) is 12.8. The number of aryl methyl sites for hydroxylation is 1. The molecule has 0 aliphatic heterocycles. The Hall–Kier alpha value is -1.80. The lowest BCUT2D eigenvalue weighted by Crippen LogP contribution is -2.01. The van der Waals surface area contributed by atoms with E-state index in [1.54, 1.807) is 0 Å². The predicted octanol–water partition coefficient (Wildman–Crippen LogP) is 7.50. The van der Waals surface area contributed by atoms with E-state index in [2.05, 4.69) is 35.8 Å². The van der Waals surface area contributed by atoms with Gasteiger partial charge in [-0.2, -0.15) is 0 Å². The third-order valence-electron chi connectivity index (χ3n) is 5.00. The third-order valence-corrected chi connectivity index (χ3v) is 5.33. The summed E-state index contributed by atoms with van der Waals surface area (Å²) in [5.74, 6) is 0.986. The summed E-state index contributed by atoms with van der Waals surface area (Å²) in [6.07, 6.45) is 10.6. The van der Waals surface area contributed by atoms with Gasteiger partial charge in [0.25, 0.3) is 0 Å². The maximum atomic E-state index is 6.45. The largest absolute Gasteiger partial charge is 0.324 e. The van der Waals surface area contributed by atoms with Crippen LogP contribution in [0.15, 0.2) is 48.5 Å². The van der Waals surface area contributed by atoms with E-state index in [-0.39, 0.29) is 0 Å². The first-order valence-corrected chi connectivity index (χ1v) is 10.4. The number of hydrogen-bond acceptors (Lipinski definition) is 1. The Morgan fingerprint density at radius 2 is 1.46 bits per heavy atom. The fourth-order valence-corrected chi connectivity index (χ4v) is 3.77. The average Bonchev–Trinajstić information content (AvgIpc) is 3.03. The van der Waals surface area contributed by atoms with Crippen molar-refractivity contribution in [2.24, 2.45) is 0 Å². The first kappa shape index (κ1) is 19.0. The Balaban J connectivity index is 1.69. The van der Waals surface area contributed by atoms with E-state index in [0.29, 0.717) is 0 Å². The van der Waals surface area contributed by atoms with Crippen LogP contribution in [0.2, 0.25) is 5.02 Å². The Kier molecular flexibility index (Phi) is 7.13. The van der Waals surface area contributed by atoms with Crippen molar-refractivity contribution in [3.05, 3.63) is 53.6 Å². The fourth-order valence-electron chi connectivity index (χ4n) is 3.55. The van der Waals surface area contributed by atoms with Crippen LogP contribution in [0.1, 0.15) is 58.3 Å². The number of halogens is 1. The van der Waals surface area contributed by atoms with Gasteiger partial charge in [0.2, 0.25) is 0 Å². The quantitative estimate of drug-likeness (QED) is 0.339. The number of para-hydroxylation sites is 2. The Morgan fingerprint density at radius 3 is 2.23 bits per heavy atom. The van der Waals surface area contributed by atoms with Gasteiger partial charge in [0.05, 0.1) is 16.1 Å². The molecule has 3 aromatic rings. The normalized spacial score (nSPS) is 11.3. The molecule has 0 atom stereocenters. The molecule has 0 fully saturated rings. The van der Waals surface area contributed by atoms with Gasteiger partial charge in [-0.15, -0.1) is 0 Å². The zero-order valence-electron chi connectivity index (χ0n) is 15.8. The number of benzene rings is 2. The average molecular weight is 369 g/mol. The minimum Gasteiger partial charge on any atom is -0.324 e. The molecule has 0 saturated heterocycles. The molecule has 0 N–H and O–H groups in total. The predicted molar refractivity (Wildman–Crippen MR) is 113 cm³/mol. The van der Waals surface area contributed by atoms with Crippen LogP contribution in [0.3, 0.4) is 0 Å². The number of aromatic nitrogens is 2. The molecular formula is C23H29ClN2. The molecule has 1 heterocycles. The molecule has 0 spiro atoms. The van der Waals surface area contributed by atoms with Crippen LogP contribution in [0.5, 0.6) is 0 Å². The summed E-state index contributed by atoms with van der Waals surface area (Å²) in [7, 11) is 0. The number of imidazole rings is 1. The fraction of sp³-hybridized carbons (Fsp3) is 0.435. The van der Waals surface area contributed by atoms with Gasteiger partial charge in [0, 0.05) is 12.1 Å². The summed E-state index contributed by atoms with van der Waals surface area (Å²) >= 11 is 6.45. The topological polar surface area (TPSA) is 17.8 Å². The summed E-state index contributed by atoms with van der Waals surface area (Å²) in [4.78, 5) is 4.87. The van der Waals surface area contributed by atoms with Gasteiger partial charge in [-0.3, -0.25) is 0 Å². The van der Waals surface area contributed by atoms with Crippen molar-refractivity contribution in [2.45, 2.75) is 64.8 Å². The van der Waals surface area contributed by atoms with Crippen molar-refractivity contribution in [3.63, 3.8) is 0 Å². The Morgan fingerprint density at radius 1 is 0.808 bits per heavy atom. The Labute approximate surface area is 162 Å². The van der Waals surface area contributed by atoms with E-state index in [0.717, 1.165) is 28.5 Å². The van der Waals surface area contributed by atoms with E-state index >= 15 is 0 Å². The molecule has 0 radical (unpaired) electrons. The second kappa shape index (κ2) is 9.78. The van der Waals surface area contributed by atoms with Crippen molar-refractivity contribution < 1.29 is 0 Å². The SMILES string of the molecule is CCCCCCCCCCn1c(-c2ccccc2Cl)nc2ccccc21. The molecule has 0 unspecified atom stereocenters. The highest BCUT2D eigenvalue weighted by molar-refractivity contribution is 6.33. The van der Waals surface area contributed by atoms with Crippen LogP contribution in [0, 0.1) is 0 Å². The van der Waals surface area contributed by atoms with Gasteiger partial charge in [0.1, 0.15) is 5.82 Å². The monoisotopic (exact) mass is 368 g/mol. The van der Waals surface area contributed by atoms with E-state index in [1.165, 1.54) is 56.9 Å². The minimum atomic E-state index is 0.764. The molecule has 0 saturated carbocycles. The lowest BCUT2D eigenvalue weighted by molar-refractivity contribution is 0.549. The van der Waals surface area contributed by atoms with Crippen LogP contribution in [-0.2, 0) is 6.54 Å². The highest BCUT2D eigenvalue weighted by Crippen LogP contribution is 2.30. The number of fused-ring (bicyclic) bond motifs is 1. The molecular weight excluding hydrogens is 340 g/mol. The maximum absolute atomic E-state index is 6.45. The van der Waals surface area contributed by atoms with Crippen molar-refractivity contribution in [1.29, 1.82) is 0 Å². The van der Waals surface area contributed by atoms with Crippen molar-refractivity contribution in [3.8, 4) is 11.4 Å². The van der Waals surface area contributed by atoms with Gasteiger partial charge in [-0.05, 0) is 30.7 Å². The van der Waals surface area contributed by atoms with E-state index in [9.17, 15) is 0 Å². The number of unbranched alkanes of at least 4 members (excludes halogenated alkanes) is 7. The molecule has 138 valence electrons. The van der Waals surface area contributed by atoms with Gasteiger partial charge < -0.3 is 4.57 Å². The molecule has 3 heteroatoms. The standard InChI is InChI=1S/C23H29ClN2/c1-2-3-4-5-6-7-8-13-18-26-22-17-12-11-16-21(22)25-23(26)19-14-9-10-15-20(19)24/h9-12,14-17H,2-8,13,18H2,1H3. The molecule has 2 nitrogen and oxygen atoms in total. The number of nitrogens with zero attached hydrogens (tertiary/aromatic N) is 2. The lowest BCUT2D eigenvalue weighted by atomic mass is 10.1. The van der Waals surface area contributed by atoms with E-state index < -0.39 is 0 Å². The van der Waals surface area contributed by atoms with Crippen molar-refractivity contribution >= 4 is 22.6 Å². The zero-order chi connectivity index (χ0) is 18.2. The molecule has 0 bridgehead atoms. The maximum Gasteiger partial charge on any atom is 0.142 e. The minimum absolute atomic E-state index is 0.764. The van der Waals surface area contributed by atoms with Gasteiger partial charge in [-0.1, -0.05) is 87.7 Å². The lowest BCUT2D eigenvalue weighted by Gasteiger charge is -2.10. The number of hydrogen-bond donors (Lipinski definition) is 0. The summed E-state index contributed by atoms with van der Waals surface area (Å²) in [6, 6.07) is 16.4. The van der Waals surface area contributed by atoms with Crippen LogP contribution < -0.4 is 0 Å². The van der Waals surface area contributed by atoms with E-state index in [4.69, 9.17) is 16.6 Å². The molecule has 0 amide bonds. The molecule has 0 aliphatic carbocycles. The highest BCUT2D eigenvalue weighted by Gasteiger charge is 2.14. The molecule has 1 aromatic heterocycles. The second-order valence-electron chi connectivity index (χ2n) is 7.03. The molecule has 26 heavy (non-hydrogen) atoms. The van der Waals surface area contributed by atoms with Gasteiger partial charge >= 0.3 is 0 Å². The summed E-state index contributed by atoms with van der Waals surface area (Å²) in [5.41, 5.74) is 3.26. The van der Waals surface area contributed by atoms with Gasteiger partial charge in [0.15, 0.2) is 0 Å². The number of rotatable bonds is 10. The van der Waals surface area contributed by atoms with Gasteiger partial charge in [-0.25, -0.2) is 4.98 Å². The second-order valence-corrected chi connectivity index (χ2v) is 7.44. The van der Waals surface area contributed by atoms with Crippen molar-refractivity contribution in [2.75, 3.05) is 0 Å². The highest BCUT2D eigenvalue weighted by atomic mass is 35.5. The van der Waals surface area contributed by atoms with E-state index in [1.807, 2.05) is 24.3 Å². The van der Waals surface area contributed by atoms with Crippen LogP contribution in [-0.4, -0.2) is 9.55 Å². The zero-order valence-corrected chi connectivity index (χ0v) is 16.5. The van der Waals surface area contributed by atoms with Crippen molar-refractivity contribution in [1.82, 2.24) is 9.55 Å². The van der Waals surface area contributed by atoms with Crippen LogP contribution >= 0.6 is 11.6 Å². The summed E-state index contributed by atoms with van der Waals surface area (Å²) < 4.78 is 2.34. The Bertz CT molecular complexity index is 822. The first-order valence-electron chi connectivity index (χ1n) is 10.0. The smallest absolute Gasteiger partial charge is 0.142 e. The van der Waals surface area contributed by atoms with Crippen LogP contribution in [0.25, 0.3) is 22.4 Å². The summed E-state index contributed by atoms with van der Waals surface area (Å²) in [5, 5.41) is 0.764. The summed E-state index contributed by atoms with van der Waals surface area (Å²) in [6.45, 7) is 3.27.